The molecule has 2 aromatic heterocycles. The van der Waals surface area contributed by atoms with Crippen LogP contribution in [-0.4, -0.2) is 14.5 Å². The molecule has 27 heavy (non-hydrogen) atoms. The predicted octanol–water partition coefficient (Wildman–Crippen LogP) is 4.34. The summed E-state index contributed by atoms with van der Waals surface area (Å²) >= 11 is 0. The molecule has 0 saturated carbocycles. The number of nitrogens with one attached hydrogen (secondary N) is 2. The molecule has 0 aliphatic carbocycles. The number of nitrogens with zero attached hydrogens (tertiary/aromatic N) is 2. The average molecular weight is 350 g/mol. The van der Waals surface area contributed by atoms with Gasteiger partial charge in [0.1, 0.15) is 11.8 Å². The number of H-pyrrole nitrogens is 2. The van der Waals surface area contributed by atoms with Crippen molar-refractivity contribution in [3.05, 3.63) is 89.1 Å². The van der Waals surface area contributed by atoms with Crippen LogP contribution in [0.25, 0.3) is 38.6 Å². The normalized spacial score (nSPS) is 11.1. The Labute approximate surface area is 154 Å². The average Bonchev–Trinajstić information content (AvgIpc) is 3.27. The van der Waals surface area contributed by atoms with Crippen LogP contribution >= 0.6 is 0 Å². The number of fused-ring (bicyclic) bond motifs is 2. The maximum Gasteiger partial charge on any atom is 0.331 e. The zero-order valence-electron chi connectivity index (χ0n) is 14.2. The molecule has 3 aromatic carbocycles. The molecule has 0 spiro atoms. The molecular weight excluding hydrogens is 336 g/mol. The summed E-state index contributed by atoms with van der Waals surface area (Å²) in [5.41, 5.74) is 3.00. The van der Waals surface area contributed by atoms with Crippen LogP contribution in [0.4, 0.5) is 0 Å². The molecule has 0 unspecified atom stereocenters. The number of imidazole rings is 1. The van der Waals surface area contributed by atoms with Crippen molar-refractivity contribution in [1.29, 1.82) is 5.26 Å². The lowest BCUT2D eigenvalue weighted by Crippen LogP contribution is -2.16. The Morgan fingerprint density at radius 2 is 1.63 bits per heavy atom. The molecule has 0 aliphatic rings. The smallest absolute Gasteiger partial charge is 0.331 e. The van der Waals surface area contributed by atoms with Crippen molar-refractivity contribution < 1.29 is 0 Å². The highest BCUT2D eigenvalue weighted by Crippen LogP contribution is 2.33. The third-order valence-corrected chi connectivity index (χ3v) is 4.86. The van der Waals surface area contributed by atoms with Crippen LogP contribution in [-0.2, 0) is 0 Å². The molecule has 0 saturated heterocycles. The molecule has 5 aromatic rings. The summed E-state index contributed by atoms with van der Waals surface area (Å²) in [6.45, 7) is 0. The number of hydrogen-bond donors (Lipinski definition) is 2. The van der Waals surface area contributed by atoms with E-state index >= 15 is 0 Å². The van der Waals surface area contributed by atoms with E-state index in [1.165, 1.54) is 0 Å². The van der Waals surface area contributed by atoms with E-state index in [4.69, 9.17) is 0 Å². The van der Waals surface area contributed by atoms with Gasteiger partial charge in [-0.15, -0.1) is 0 Å². The Morgan fingerprint density at radius 3 is 2.48 bits per heavy atom. The summed E-state index contributed by atoms with van der Waals surface area (Å²) in [7, 11) is 0. The number of hydrogen-bond acceptors (Lipinski definition) is 2. The Morgan fingerprint density at radius 1 is 0.889 bits per heavy atom. The maximum absolute atomic E-state index is 12.8. The highest BCUT2D eigenvalue weighted by atomic mass is 16.1. The summed E-state index contributed by atoms with van der Waals surface area (Å²) in [5.74, 6) is 0. The highest BCUT2D eigenvalue weighted by molar-refractivity contribution is 5.97. The number of aromatic amines is 2. The van der Waals surface area contributed by atoms with E-state index in [1.807, 2.05) is 72.9 Å². The van der Waals surface area contributed by atoms with Crippen LogP contribution in [0.3, 0.4) is 0 Å². The van der Waals surface area contributed by atoms with Gasteiger partial charge < -0.3 is 4.98 Å². The predicted molar refractivity (Wildman–Crippen MR) is 106 cm³/mol. The lowest BCUT2D eigenvalue weighted by atomic mass is 10.1. The second kappa shape index (κ2) is 5.75. The van der Waals surface area contributed by atoms with Crippen LogP contribution in [0.15, 0.2) is 77.7 Å². The number of benzene rings is 3. The summed E-state index contributed by atoms with van der Waals surface area (Å²) in [6.07, 6.45) is 1.84. The van der Waals surface area contributed by atoms with Gasteiger partial charge in [-0.25, -0.2) is 4.79 Å². The second-order valence-electron chi connectivity index (χ2n) is 6.35. The quantitative estimate of drug-likeness (QED) is 0.497. The Bertz CT molecular complexity index is 1410. The number of para-hydroxylation sites is 1. The van der Waals surface area contributed by atoms with Crippen molar-refractivity contribution in [2.24, 2.45) is 0 Å². The molecule has 5 rings (SSSR count). The SMILES string of the molecule is N#Cc1[nH]c(=O)n(-c2cccc3ccccc23)c1-c1c[nH]c2ccccc12. The zero-order chi connectivity index (χ0) is 18.4. The minimum absolute atomic E-state index is 0.248. The molecule has 0 bridgehead atoms. The third-order valence-electron chi connectivity index (χ3n) is 4.86. The minimum Gasteiger partial charge on any atom is -0.360 e. The molecule has 128 valence electrons. The van der Waals surface area contributed by atoms with Gasteiger partial charge in [0.05, 0.1) is 11.4 Å². The van der Waals surface area contributed by atoms with Gasteiger partial charge in [-0.3, -0.25) is 9.55 Å². The first kappa shape index (κ1) is 15.2. The fourth-order valence-corrected chi connectivity index (χ4v) is 3.67. The fraction of sp³-hybridized carbons (Fsp3) is 0. The van der Waals surface area contributed by atoms with Crippen molar-refractivity contribution in [2.45, 2.75) is 0 Å². The van der Waals surface area contributed by atoms with E-state index in [0.29, 0.717) is 5.69 Å². The van der Waals surface area contributed by atoms with Gasteiger partial charge in [-0.1, -0.05) is 54.6 Å². The monoisotopic (exact) mass is 350 g/mol. The molecule has 2 heterocycles. The first-order valence-electron chi connectivity index (χ1n) is 8.57. The highest BCUT2D eigenvalue weighted by Gasteiger charge is 2.21. The van der Waals surface area contributed by atoms with Gasteiger partial charge in [0.2, 0.25) is 0 Å². The van der Waals surface area contributed by atoms with E-state index < -0.39 is 0 Å². The van der Waals surface area contributed by atoms with Crippen LogP contribution in [0.2, 0.25) is 0 Å². The first-order chi connectivity index (χ1) is 13.3. The fourth-order valence-electron chi connectivity index (χ4n) is 3.67. The summed E-state index contributed by atoms with van der Waals surface area (Å²) in [4.78, 5) is 18.8. The molecule has 5 nitrogen and oxygen atoms in total. The van der Waals surface area contributed by atoms with Crippen LogP contribution in [0, 0.1) is 11.3 Å². The van der Waals surface area contributed by atoms with E-state index in [-0.39, 0.29) is 11.4 Å². The van der Waals surface area contributed by atoms with Crippen LogP contribution in [0.1, 0.15) is 5.69 Å². The third kappa shape index (κ3) is 2.21. The molecule has 0 radical (unpaired) electrons. The molecule has 5 heteroatoms. The largest absolute Gasteiger partial charge is 0.360 e. The van der Waals surface area contributed by atoms with E-state index in [0.717, 1.165) is 32.9 Å². The molecule has 2 N–H and O–H groups in total. The minimum atomic E-state index is -0.330. The van der Waals surface area contributed by atoms with Gasteiger partial charge in [0, 0.05) is 28.0 Å². The second-order valence-corrected chi connectivity index (χ2v) is 6.35. The number of nitriles is 1. The zero-order valence-corrected chi connectivity index (χ0v) is 14.2. The van der Waals surface area contributed by atoms with Gasteiger partial charge >= 0.3 is 5.69 Å². The van der Waals surface area contributed by atoms with Crippen molar-refractivity contribution >= 4 is 21.7 Å². The van der Waals surface area contributed by atoms with E-state index in [2.05, 4.69) is 16.0 Å². The van der Waals surface area contributed by atoms with Crippen molar-refractivity contribution in [3.63, 3.8) is 0 Å². The van der Waals surface area contributed by atoms with Crippen LogP contribution in [0.5, 0.6) is 0 Å². The number of aromatic nitrogens is 3. The summed E-state index contributed by atoms with van der Waals surface area (Å²) < 4.78 is 1.59. The van der Waals surface area contributed by atoms with Crippen molar-refractivity contribution in [2.75, 3.05) is 0 Å². The summed E-state index contributed by atoms with van der Waals surface area (Å²) in [5, 5.41) is 12.6. The Balaban J connectivity index is 1.91. The molecule has 0 fully saturated rings. The molecule has 0 aliphatic heterocycles. The van der Waals surface area contributed by atoms with Gasteiger partial charge in [-0.05, 0) is 17.5 Å². The van der Waals surface area contributed by atoms with Gasteiger partial charge in [-0.2, -0.15) is 5.26 Å². The van der Waals surface area contributed by atoms with Crippen molar-refractivity contribution in [1.82, 2.24) is 14.5 Å². The Kier molecular flexibility index (Phi) is 3.24. The van der Waals surface area contributed by atoms with Gasteiger partial charge in [0.15, 0.2) is 0 Å². The van der Waals surface area contributed by atoms with Gasteiger partial charge in [0.25, 0.3) is 0 Å². The van der Waals surface area contributed by atoms with E-state index in [1.54, 1.807) is 4.57 Å². The first-order valence-corrected chi connectivity index (χ1v) is 8.57. The van der Waals surface area contributed by atoms with Crippen molar-refractivity contribution in [3.8, 4) is 23.0 Å². The Hall–Kier alpha value is -4.04. The topological polar surface area (TPSA) is 77.4 Å². The standard InChI is InChI=1S/C22H14N4O/c23-12-19-21(17-13-24-18-10-4-3-9-16(17)18)26(22(27)25-19)20-11-5-7-14-6-1-2-8-15(14)20/h1-11,13,24H,(H,25,27). The lowest BCUT2D eigenvalue weighted by molar-refractivity contribution is 1.00. The summed E-state index contributed by atoms with van der Waals surface area (Å²) in [6, 6.07) is 23.7. The van der Waals surface area contributed by atoms with Crippen LogP contribution < -0.4 is 5.69 Å². The molecule has 0 atom stereocenters. The molecule has 0 amide bonds. The maximum atomic E-state index is 12.8. The lowest BCUT2D eigenvalue weighted by Gasteiger charge is -2.10. The molecular formula is C22H14N4O. The van der Waals surface area contributed by atoms with E-state index in [9.17, 15) is 10.1 Å². The number of rotatable bonds is 2.